The predicted octanol–water partition coefficient (Wildman–Crippen LogP) is -0.454. The Labute approximate surface area is 55.1 Å². The third kappa shape index (κ3) is 2.58. The Morgan fingerprint density at radius 2 is 2.33 bits per heavy atom. The third-order valence-electron chi connectivity index (χ3n) is 1.30. The molecule has 0 saturated carbocycles. The smallest absolute Gasteiger partial charge is 0.174 e. The van der Waals surface area contributed by atoms with Crippen LogP contribution in [0.2, 0.25) is 0 Å². The van der Waals surface area contributed by atoms with Gasteiger partial charge in [-0.15, -0.1) is 0 Å². The van der Waals surface area contributed by atoms with E-state index in [0.717, 1.165) is 6.42 Å². The molecule has 0 aromatic heterocycles. The van der Waals surface area contributed by atoms with Gasteiger partial charge in [0.25, 0.3) is 0 Å². The van der Waals surface area contributed by atoms with Crippen LogP contribution in [0.25, 0.3) is 0 Å². The van der Waals surface area contributed by atoms with Gasteiger partial charge in [-0.25, -0.2) is 0 Å². The summed E-state index contributed by atoms with van der Waals surface area (Å²) in [4.78, 5) is 10.7. The number of nitrogens with one attached hydrogen (secondary N) is 1. The van der Waals surface area contributed by atoms with E-state index < -0.39 is 0 Å². The lowest BCUT2D eigenvalue weighted by Crippen LogP contribution is -2.35. The van der Waals surface area contributed by atoms with E-state index in [-0.39, 0.29) is 18.4 Å². The van der Waals surface area contributed by atoms with Crippen molar-refractivity contribution in [3.05, 3.63) is 0 Å². The second kappa shape index (κ2) is 4.47. The van der Waals surface area contributed by atoms with Crippen molar-refractivity contribution in [2.24, 2.45) is 0 Å². The standard InChI is InChI=1S/C6H13NO2/c1-3-5(7-2)6(9)4-8/h5,7-8H,3-4H2,1-2H3/t5-/m0/s1. The number of carbonyl (C=O) groups excluding carboxylic acids is 1. The molecular weight excluding hydrogens is 118 g/mol. The van der Waals surface area contributed by atoms with Gasteiger partial charge in [-0.1, -0.05) is 6.92 Å². The lowest BCUT2D eigenvalue weighted by Gasteiger charge is -2.08. The first-order valence-electron chi connectivity index (χ1n) is 3.07. The van der Waals surface area contributed by atoms with Gasteiger partial charge in [0, 0.05) is 0 Å². The lowest BCUT2D eigenvalue weighted by molar-refractivity contribution is -0.123. The summed E-state index contributed by atoms with van der Waals surface area (Å²) >= 11 is 0. The van der Waals surface area contributed by atoms with E-state index in [9.17, 15) is 4.79 Å². The van der Waals surface area contributed by atoms with Crippen molar-refractivity contribution in [1.82, 2.24) is 5.32 Å². The second-order valence-corrected chi connectivity index (χ2v) is 1.87. The van der Waals surface area contributed by atoms with Gasteiger partial charge >= 0.3 is 0 Å². The van der Waals surface area contributed by atoms with Gasteiger partial charge in [-0.05, 0) is 13.5 Å². The number of aliphatic hydroxyl groups is 1. The summed E-state index contributed by atoms with van der Waals surface area (Å²) < 4.78 is 0. The van der Waals surface area contributed by atoms with E-state index in [0.29, 0.717) is 0 Å². The van der Waals surface area contributed by atoms with Crippen molar-refractivity contribution in [3.8, 4) is 0 Å². The number of hydrogen-bond acceptors (Lipinski definition) is 3. The first-order chi connectivity index (χ1) is 4.26. The number of Topliss-reactive ketones (excluding diaryl/α,β-unsaturated/α-hetero) is 1. The van der Waals surface area contributed by atoms with Gasteiger partial charge < -0.3 is 10.4 Å². The van der Waals surface area contributed by atoms with E-state index in [1.807, 2.05) is 6.92 Å². The van der Waals surface area contributed by atoms with Gasteiger partial charge in [0.1, 0.15) is 6.61 Å². The highest BCUT2D eigenvalue weighted by molar-refractivity contribution is 5.84. The zero-order chi connectivity index (χ0) is 7.28. The fourth-order valence-corrected chi connectivity index (χ4v) is 0.703. The van der Waals surface area contributed by atoms with E-state index in [1.165, 1.54) is 0 Å². The van der Waals surface area contributed by atoms with Crippen LogP contribution in [0.5, 0.6) is 0 Å². The van der Waals surface area contributed by atoms with Crippen molar-refractivity contribution in [3.63, 3.8) is 0 Å². The quantitative estimate of drug-likeness (QED) is 0.543. The number of ketones is 1. The van der Waals surface area contributed by atoms with Crippen molar-refractivity contribution in [2.45, 2.75) is 19.4 Å². The van der Waals surface area contributed by atoms with Crippen LogP contribution in [-0.2, 0) is 4.79 Å². The van der Waals surface area contributed by atoms with Crippen LogP contribution in [0.3, 0.4) is 0 Å². The summed E-state index contributed by atoms with van der Waals surface area (Å²) in [5, 5.41) is 11.2. The molecule has 0 heterocycles. The van der Waals surface area contributed by atoms with Crippen LogP contribution in [0, 0.1) is 0 Å². The van der Waals surface area contributed by atoms with Gasteiger partial charge in [0.15, 0.2) is 5.78 Å². The Hall–Kier alpha value is -0.410. The van der Waals surface area contributed by atoms with E-state index in [4.69, 9.17) is 5.11 Å². The van der Waals surface area contributed by atoms with Crippen molar-refractivity contribution < 1.29 is 9.90 Å². The molecule has 0 aliphatic rings. The van der Waals surface area contributed by atoms with Crippen LogP contribution >= 0.6 is 0 Å². The molecule has 9 heavy (non-hydrogen) atoms. The minimum Gasteiger partial charge on any atom is -0.389 e. The lowest BCUT2D eigenvalue weighted by atomic mass is 10.1. The van der Waals surface area contributed by atoms with Crippen LogP contribution < -0.4 is 5.32 Å². The molecule has 0 fully saturated rings. The van der Waals surface area contributed by atoms with Gasteiger partial charge in [0.2, 0.25) is 0 Å². The van der Waals surface area contributed by atoms with E-state index in [2.05, 4.69) is 5.32 Å². The van der Waals surface area contributed by atoms with Crippen LogP contribution in [0.15, 0.2) is 0 Å². The van der Waals surface area contributed by atoms with E-state index >= 15 is 0 Å². The van der Waals surface area contributed by atoms with Crippen molar-refractivity contribution >= 4 is 5.78 Å². The summed E-state index contributed by atoms with van der Waals surface area (Å²) in [6.07, 6.45) is 0.732. The van der Waals surface area contributed by atoms with Gasteiger partial charge in [-0.3, -0.25) is 4.79 Å². The maximum Gasteiger partial charge on any atom is 0.174 e. The van der Waals surface area contributed by atoms with Crippen LogP contribution in [0.4, 0.5) is 0 Å². The average Bonchev–Trinajstić information content (AvgIpc) is 1.90. The maximum atomic E-state index is 10.7. The molecule has 0 saturated heterocycles. The summed E-state index contributed by atoms with van der Waals surface area (Å²) in [6.45, 7) is 1.54. The largest absolute Gasteiger partial charge is 0.389 e. The molecule has 0 unspecified atom stereocenters. The molecule has 0 radical (unpaired) electrons. The van der Waals surface area contributed by atoms with Gasteiger partial charge in [-0.2, -0.15) is 0 Å². The summed E-state index contributed by atoms with van der Waals surface area (Å²) in [5.74, 6) is -0.139. The van der Waals surface area contributed by atoms with Crippen molar-refractivity contribution in [1.29, 1.82) is 0 Å². The molecule has 1 atom stereocenters. The molecule has 0 aromatic carbocycles. The highest BCUT2D eigenvalue weighted by Gasteiger charge is 2.10. The zero-order valence-corrected chi connectivity index (χ0v) is 5.85. The van der Waals surface area contributed by atoms with E-state index in [1.54, 1.807) is 7.05 Å². The molecule has 0 bridgehead atoms. The minimum absolute atomic E-state index is 0.139. The minimum atomic E-state index is -0.362. The fraction of sp³-hybridized carbons (Fsp3) is 0.833. The third-order valence-corrected chi connectivity index (χ3v) is 1.30. The van der Waals surface area contributed by atoms with Gasteiger partial charge in [0.05, 0.1) is 6.04 Å². The summed E-state index contributed by atoms with van der Waals surface area (Å²) in [6, 6.07) is -0.171. The Morgan fingerprint density at radius 1 is 1.78 bits per heavy atom. The molecular formula is C6H13NO2. The average molecular weight is 131 g/mol. The molecule has 0 aliphatic carbocycles. The number of hydrogen-bond donors (Lipinski definition) is 2. The number of likely N-dealkylation sites (N-methyl/N-ethyl adjacent to an activating group) is 1. The molecule has 0 amide bonds. The highest BCUT2D eigenvalue weighted by Crippen LogP contribution is 1.89. The molecule has 3 heteroatoms. The van der Waals surface area contributed by atoms with Crippen LogP contribution in [-0.4, -0.2) is 30.6 Å². The Kier molecular flexibility index (Phi) is 4.26. The predicted molar refractivity (Wildman–Crippen MR) is 35.2 cm³/mol. The molecule has 3 nitrogen and oxygen atoms in total. The monoisotopic (exact) mass is 131 g/mol. The highest BCUT2D eigenvalue weighted by atomic mass is 16.3. The molecule has 0 spiro atoms. The number of rotatable bonds is 4. The maximum absolute atomic E-state index is 10.7. The first kappa shape index (κ1) is 8.59. The first-order valence-corrected chi connectivity index (χ1v) is 3.07. The Balaban J connectivity index is 3.64. The molecule has 0 aliphatic heterocycles. The zero-order valence-electron chi connectivity index (χ0n) is 5.85. The number of aliphatic hydroxyl groups excluding tert-OH is 1. The van der Waals surface area contributed by atoms with Crippen molar-refractivity contribution in [2.75, 3.05) is 13.7 Å². The number of carbonyl (C=O) groups is 1. The molecule has 0 aromatic rings. The molecule has 2 N–H and O–H groups in total. The topological polar surface area (TPSA) is 49.3 Å². The molecule has 54 valence electrons. The summed E-state index contributed by atoms with van der Waals surface area (Å²) in [5.41, 5.74) is 0. The van der Waals surface area contributed by atoms with Crippen LogP contribution in [0.1, 0.15) is 13.3 Å². The Bertz CT molecular complexity index is 89.1. The second-order valence-electron chi connectivity index (χ2n) is 1.87. The fourth-order valence-electron chi connectivity index (χ4n) is 0.703. The SMILES string of the molecule is CC[C@H](NC)C(=O)CO. The Morgan fingerprint density at radius 3 is 2.44 bits per heavy atom. The summed E-state index contributed by atoms with van der Waals surface area (Å²) in [7, 11) is 1.71. The normalized spacial score (nSPS) is 13.2. The molecule has 0 rings (SSSR count).